The van der Waals surface area contributed by atoms with Gasteiger partial charge >= 0.3 is 0 Å². The Bertz CT molecular complexity index is 558. The Morgan fingerprint density at radius 1 is 1.39 bits per heavy atom. The molecule has 1 saturated heterocycles. The van der Waals surface area contributed by atoms with Gasteiger partial charge in [0.2, 0.25) is 5.89 Å². The first-order chi connectivity index (χ1) is 8.73. The molecule has 96 valence electrons. The molecule has 0 amide bonds. The molecule has 1 N–H and O–H groups in total. The maximum absolute atomic E-state index is 5.99. The fourth-order valence-corrected chi connectivity index (χ4v) is 2.92. The zero-order valence-corrected chi connectivity index (χ0v) is 11.3. The predicted octanol–water partition coefficient (Wildman–Crippen LogP) is 3.51. The van der Waals surface area contributed by atoms with Gasteiger partial charge in [0.05, 0.1) is 0 Å². The second kappa shape index (κ2) is 4.56. The standard InChI is InChI=1S/C14H17ClN2O/c1-2-14(5-7-16-8-6-14)13-17-11-9-10(15)3-4-12(11)18-13/h3-4,9,16H,2,5-8H2,1H3. The van der Waals surface area contributed by atoms with Gasteiger partial charge in [0.15, 0.2) is 5.58 Å². The molecule has 4 heteroatoms. The first-order valence-electron chi connectivity index (χ1n) is 6.51. The SMILES string of the molecule is CCC1(c2nc3cc(Cl)ccc3o2)CCNCC1. The lowest BCUT2D eigenvalue weighted by molar-refractivity contribution is 0.243. The third kappa shape index (κ3) is 1.91. The molecule has 18 heavy (non-hydrogen) atoms. The summed E-state index contributed by atoms with van der Waals surface area (Å²) >= 11 is 5.99. The zero-order chi connectivity index (χ0) is 12.6. The van der Waals surface area contributed by atoms with Crippen LogP contribution in [0.3, 0.4) is 0 Å². The monoisotopic (exact) mass is 264 g/mol. The number of benzene rings is 1. The lowest BCUT2D eigenvalue weighted by Crippen LogP contribution is -2.39. The summed E-state index contributed by atoms with van der Waals surface area (Å²) in [7, 11) is 0. The molecule has 2 aromatic rings. The number of rotatable bonds is 2. The van der Waals surface area contributed by atoms with Crippen molar-refractivity contribution in [3.05, 3.63) is 29.1 Å². The zero-order valence-electron chi connectivity index (χ0n) is 10.5. The third-order valence-electron chi connectivity index (χ3n) is 4.04. The van der Waals surface area contributed by atoms with E-state index < -0.39 is 0 Å². The molecule has 3 rings (SSSR count). The van der Waals surface area contributed by atoms with Gasteiger partial charge in [-0.25, -0.2) is 4.98 Å². The van der Waals surface area contributed by atoms with Crippen LogP contribution in [0.2, 0.25) is 5.02 Å². The molecular weight excluding hydrogens is 248 g/mol. The van der Waals surface area contributed by atoms with E-state index in [2.05, 4.69) is 17.2 Å². The summed E-state index contributed by atoms with van der Waals surface area (Å²) < 4.78 is 5.96. The lowest BCUT2D eigenvalue weighted by atomic mass is 9.76. The lowest BCUT2D eigenvalue weighted by Gasteiger charge is -2.33. The van der Waals surface area contributed by atoms with Gasteiger partial charge in [-0.2, -0.15) is 0 Å². The van der Waals surface area contributed by atoms with E-state index in [1.165, 1.54) is 0 Å². The highest BCUT2D eigenvalue weighted by Gasteiger charge is 2.36. The number of hydrogen-bond donors (Lipinski definition) is 1. The van der Waals surface area contributed by atoms with Crippen molar-refractivity contribution in [1.29, 1.82) is 0 Å². The molecule has 3 nitrogen and oxygen atoms in total. The molecule has 1 aromatic carbocycles. The number of nitrogens with zero attached hydrogens (tertiary/aromatic N) is 1. The van der Waals surface area contributed by atoms with Gasteiger partial charge < -0.3 is 9.73 Å². The average molecular weight is 265 g/mol. The van der Waals surface area contributed by atoms with Crippen molar-refractivity contribution in [2.45, 2.75) is 31.6 Å². The van der Waals surface area contributed by atoms with Crippen molar-refractivity contribution in [2.75, 3.05) is 13.1 Å². The number of nitrogens with one attached hydrogen (secondary N) is 1. The van der Waals surface area contributed by atoms with Crippen LogP contribution < -0.4 is 5.32 Å². The van der Waals surface area contributed by atoms with Gasteiger partial charge in [0.1, 0.15) is 5.52 Å². The van der Waals surface area contributed by atoms with E-state index in [9.17, 15) is 0 Å². The van der Waals surface area contributed by atoms with Crippen molar-refractivity contribution in [3.63, 3.8) is 0 Å². The van der Waals surface area contributed by atoms with Gasteiger partial charge in [0, 0.05) is 10.4 Å². The molecule has 1 fully saturated rings. The maximum atomic E-state index is 5.99. The fourth-order valence-electron chi connectivity index (χ4n) is 2.75. The van der Waals surface area contributed by atoms with Gasteiger partial charge in [-0.05, 0) is 50.6 Å². The van der Waals surface area contributed by atoms with Crippen LogP contribution in [0.1, 0.15) is 32.1 Å². The van der Waals surface area contributed by atoms with Gasteiger partial charge in [-0.15, -0.1) is 0 Å². The van der Waals surface area contributed by atoms with E-state index in [4.69, 9.17) is 16.0 Å². The second-order valence-electron chi connectivity index (χ2n) is 5.01. The Balaban J connectivity index is 2.06. The van der Waals surface area contributed by atoms with Crippen molar-refractivity contribution in [3.8, 4) is 0 Å². The van der Waals surface area contributed by atoms with Gasteiger partial charge in [0.25, 0.3) is 0 Å². The molecule has 1 aliphatic heterocycles. The Labute approximate surface area is 112 Å². The highest BCUT2D eigenvalue weighted by atomic mass is 35.5. The number of hydrogen-bond acceptors (Lipinski definition) is 3. The minimum atomic E-state index is 0.0940. The summed E-state index contributed by atoms with van der Waals surface area (Å²) in [5, 5.41) is 4.10. The summed E-state index contributed by atoms with van der Waals surface area (Å²) in [5.74, 6) is 0.878. The van der Waals surface area contributed by atoms with Gasteiger partial charge in [-0.1, -0.05) is 18.5 Å². The van der Waals surface area contributed by atoms with E-state index >= 15 is 0 Å². The molecule has 0 aliphatic carbocycles. The number of aromatic nitrogens is 1. The fraction of sp³-hybridized carbons (Fsp3) is 0.500. The number of piperidine rings is 1. The number of fused-ring (bicyclic) bond motifs is 1. The molecule has 0 unspecified atom stereocenters. The van der Waals surface area contributed by atoms with Crippen LogP contribution in [0.5, 0.6) is 0 Å². The molecule has 1 aromatic heterocycles. The summed E-state index contributed by atoms with van der Waals surface area (Å²) in [6.45, 7) is 4.29. The van der Waals surface area contributed by atoms with E-state index in [0.717, 1.165) is 49.3 Å². The van der Waals surface area contributed by atoms with Gasteiger partial charge in [-0.3, -0.25) is 0 Å². The van der Waals surface area contributed by atoms with Crippen molar-refractivity contribution >= 4 is 22.7 Å². The highest BCUT2D eigenvalue weighted by Crippen LogP contribution is 2.37. The minimum Gasteiger partial charge on any atom is -0.440 e. The largest absolute Gasteiger partial charge is 0.440 e. The van der Waals surface area contributed by atoms with Crippen molar-refractivity contribution < 1.29 is 4.42 Å². The molecule has 2 heterocycles. The first kappa shape index (κ1) is 12.0. The summed E-state index contributed by atoms with van der Waals surface area (Å²) in [6, 6.07) is 5.62. The van der Waals surface area contributed by atoms with Crippen LogP contribution >= 0.6 is 11.6 Å². The summed E-state index contributed by atoms with van der Waals surface area (Å²) in [6.07, 6.45) is 3.24. The van der Waals surface area contributed by atoms with Crippen LogP contribution in [0, 0.1) is 0 Å². The molecule has 0 saturated carbocycles. The molecule has 0 atom stereocenters. The summed E-state index contributed by atoms with van der Waals surface area (Å²) in [4.78, 5) is 4.66. The van der Waals surface area contributed by atoms with Crippen molar-refractivity contribution in [1.82, 2.24) is 10.3 Å². The Kier molecular flexibility index (Phi) is 3.04. The Morgan fingerprint density at radius 3 is 2.89 bits per heavy atom. The average Bonchev–Trinajstić information content (AvgIpc) is 2.83. The highest BCUT2D eigenvalue weighted by molar-refractivity contribution is 6.31. The Hall–Kier alpha value is -1.06. The smallest absolute Gasteiger partial charge is 0.201 e. The third-order valence-corrected chi connectivity index (χ3v) is 4.28. The predicted molar refractivity (Wildman–Crippen MR) is 73.1 cm³/mol. The van der Waals surface area contributed by atoms with E-state index in [1.54, 1.807) is 0 Å². The summed E-state index contributed by atoms with van der Waals surface area (Å²) in [5.41, 5.74) is 1.79. The van der Waals surface area contributed by atoms with Crippen LogP contribution in [0.25, 0.3) is 11.1 Å². The van der Waals surface area contributed by atoms with E-state index in [-0.39, 0.29) is 5.41 Å². The number of oxazole rings is 1. The van der Waals surface area contributed by atoms with E-state index in [0.29, 0.717) is 5.02 Å². The van der Waals surface area contributed by atoms with Crippen molar-refractivity contribution in [2.24, 2.45) is 0 Å². The molecule has 0 bridgehead atoms. The van der Waals surface area contributed by atoms with Crippen LogP contribution in [-0.2, 0) is 5.41 Å². The minimum absolute atomic E-state index is 0.0940. The molecular formula is C14H17ClN2O. The maximum Gasteiger partial charge on any atom is 0.201 e. The van der Waals surface area contributed by atoms with E-state index in [1.807, 2.05) is 18.2 Å². The Morgan fingerprint density at radius 2 is 2.17 bits per heavy atom. The normalized spacial score (nSPS) is 19.2. The second-order valence-corrected chi connectivity index (χ2v) is 5.45. The first-order valence-corrected chi connectivity index (χ1v) is 6.89. The number of halogens is 1. The quantitative estimate of drug-likeness (QED) is 0.902. The van der Waals surface area contributed by atoms with Crippen LogP contribution in [0.4, 0.5) is 0 Å². The molecule has 0 radical (unpaired) electrons. The molecule has 0 spiro atoms. The van der Waals surface area contributed by atoms with Crippen LogP contribution in [0.15, 0.2) is 22.6 Å². The topological polar surface area (TPSA) is 38.1 Å². The molecule has 1 aliphatic rings. The van der Waals surface area contributed by atoms with Crippen LogP contribution in [-0.4, -0.2) is 18.1 Å².